The molecule has 0 aliphatic carbocycles. The molecule has 0 fully saturated rings. The van der Waals surface area contributed by atoms with E-state index in [9.17, 15) is 4.79 Å². The Morgan fingerprint density at radius 3 is 2.63 bits per heavy atom. The first-order valence-electron chi connectivity index (χ1n) is 5.89. The third-order valence-corrected chi connectivity index (χ3v) is 3.83. The molecule has 5 nitrogen and oxygen atoms in total. The summed E-state index contributed by atoms with van der Waals surface area (Å²) < 4.78 is 7.60. The van der Waals surface area contributed by atoms with E-state index < -0.39 is 0 Å². The van der Waals surface area contributed by atoms with Crippen LogP contribution in [-0.4, -0.2) is 27.3 Å². The van der Waals surface area contributed by atoms with Crippen LogP contribution in [0.3, 0.4) is 0 Å². The Morgan fingerprint density at radius 2 is 2.16 bits per heavy atom. The molecule has 0 aromatic carbocycles. The molecule has 0 amide bonds. The second-order valence-corrected chi connectivity index (χ2v) is 4.82. The van der Waals surface area contributed by atoms with Gasteiger partial charge in [0.15, 0.2) is 5.82 Å². The van der Waals surface area contributed by atoms with Crippen LogP contribution in [0.25, 0.3) is 5.82 Å². The van der Waals surface area contributed by atoms with Crippen LogP contribution in [0.2, 0.25) is 0 Å². The van der Waals surface area contributed by atoms with Gasteiger partial charge in [-0.25, -0.2) is 14.5 Å². The predicted octanol–water partition coefficient (Wildman–Crippen LogP) is 2.82. The zero-order valence-electron chi connectivity index (χ0n) is 11.0. The van der Waals surface area contributed by atoms with E-state index in [0.717, 1.165) is 15.9 Å². The standard InChI is InChI=1S/C13H14BrN3O2/c1-4-19-13(18)10-5-6-11(15-7-10)17-9(3)12(14)8(2)16-17/h5-7H,4H2,1-3H3. The first-order valence-corrected chi connectivity index (χ1v) is 6.69. The number of nitrogens with zero attached hydrogens (tertiary/aromatic N) is 3. The summed E-state index contributed by atoms with van der Waals surface area (Å²) in [6, 6.07) is 3.43. The first-order chi connectivity index (χ1) is 9.04. The highest BCUT2D eigenvalue weighted by molar-refractivity contribution is 9.10. The molecule has 0 aliphatic heterocycles. The van der Waals surface area contributed by atoms with Crippen LogP contribution >= 0.6 is 15.9 Å². The van der Waals surface area contributed by atoms with E-state index in [1.807, 2.05) is 13.8 Å². The molecule has 0 saturated carbocycles. The highest BCUT2D eigenvalue weighted by atomic mass is 79.9. The summed E-state index contributed by atoms with van der Waals surface area (Å²) in [7, 11) is 0. The fraction of sp³-hybridized carbons (Fsp3) is 0.308. The van der Waals surface area contributed by atoms with Crippen LogP contribution in [0.5, 0.6) is 0 Å². The molecule has 2 heterocycles. The fourth-order valence-electron chi connectivity index (χ4n) is 1.69. The number of ether oxygens (including phenoxy) is 1. The van der Waals surface area contributed by atoms with Crippen molar-refractivity contribution in [3.8, 4) is 5.82 Å². The van der Waals surface area contributed by atoms with Crippen molar-refractivity contribution in [2.75, 3.05) is 6.61 Å². The SMILES string of the molecule is CCOC(=O)c1ccc(-n2nc(C)c(Br)c2C)nc1. The number of halogens is 1. The lowest BCUT2D eigenvalue weighted by molar-refractivity contribution is 0.0526. The summed E-state index contributed by atoms with van der Waals surface area (Å²) >= 11 is 3.47. The van der Waals surface area contributed by atoms with Gasteiger partial charge >= 0.3 is 5.97 Å². The number of carbonyl (C=O) groups excluding carboxylic acids is 1. The average molecular weight is 324 g/mol. The van der Waals surface area contributed by atoms with Crippen LogP contribution < -0.4 is 0 Å². The van der Waals surface area contributed by atoms with Crippen molar-refractivity contribution in [1.82, 2.24) is 14.8 Å². The second-order valence-electron chi connectivity index (χ2n) is 4.02. The van der Waals surface area contributed by atoms with Crippen LogP contribution in [0.1, 0.15) is 28.7 Å². The van der Waals surface area contributed by atoms with Gasteiger partial charge in [0, 0.05) is 6.20 Å². The average Bonchev–Trinajstić information content (AvgIpc) is 2.67. The Kier molecular flexibility index (Phi) is 3.99. The van der Waals surface area contributed by atoms with E-state index in [2.05, 4.69) is 26.0 Å². The fourth-order valence-corrected chi connectivity index (χ4v) is 1.94. The molecule has 0 saturated heterocycles. The minimum absolute atomic E-state index is 0.352. The van der Waals surface area contributed by atoms with Gasteiger partial charge in [0.05, 0.1) is 28.0 Å². The van der Waals surface area contributed by atoms with E-state index in [1.165, 1.54) is 6.20 Å². The van der Waals surface area contributed by atoms with Gasteiger partial charge in [-0.15, -0.1) is 0 Å². The Hall–Kier alpha value is -1.69. The molecule has 0 atom stereocenters. The lowest BCUT2D eigenvalue weighted by atomic mass is 10.3. The van der Waals surface area contributed by atoms with Gasteiger partial charge in [-0.2, -0.15) is 5.10 Å². The van der Waals surface area contributed by atoms with Crippen molar-refractivity contribution >= 4 is 21.9 Å². The van der Waals surface area contributed by atoms with Gasteiger partial charge in [-0.3, -0.25) is 0 Å². The molecule has 100 valence electrons. The van der Waals surface area contributed by atoms with Gasteiger partial charge in [-0.1, -0.05) is 0 Å². The van der Waals surface area contributed by atoms with E-state index in [0.29, 0.717) is 18.0 Å². The van der Waals surface area contributed by atoms with Crippen LogP contribution in [0, 0.1) is 13.8 Å². The number of hydrogen-bond acceptors (Lipinski definition) is 4. The second kappa shape index (κ2) is 5.52. The van der Waals surface area contributed by atoms with E-state index in [1.54, 1.807) is 23.7 Å². The highest BCUT2D eigenvalue weighted by Gasteiger charge is 2.12. The summed E-state index contributed by atoms with van der Waals surface area (Å²) in [5, 5.41) is 4.38. The van der Waals surface area contributed by atoms with Crippen molar-refractivity contribution in [2.45, 2.75) is 20.8 Å². The topological polar surface area (TPSA) is 57.0 Å². The normalized spacial score (nSPS) is 10.5. The monoisotopic (exact) mass is 323 g/mol. The number of carbonyl (C=O) groups is 1. The molecular formula is C13H14BrN3O2. The zero-order valence-corrected chi connectivity index (χ0v) is 12.6. The van der Waals surface area contributed by atoms with Gasteiger partial charge in [0.25, 0.3) is 0 Å². The van der Waals surface area contributed by atoms with Crippen molar-refractivity contribution < 1.29 is 9.53 Å². The molecule has 0 bridgehead atoms. The summed E-state index contributed by atoms with van der Waals surface area (Å²) in [6.45, 7) is 5.99. The number of pyridine rings is 1. The van der Waals surface area contributed by atoms with E-state index >= 15 is 0 Å². The van der Waals surface area contributed by atoms with E-state index in [4.69, 9.17) is 4.74 Å². The Balaban J connectivity index is 2.32. The third kappa shape index (κ3) is 2.68. The first kappa shape index (κ1) is 13.7. The molecule has 2 rings (SSSR count). The lowest BCUT2D eigenvalue weighted by Gasteiger charge is -2.05. The Bertz CT molecular complexity index is 605. The zero-order chi connectivity index (χ0) is 14.0. The smallest absolute Gasteiger partial charge is 0.339 e. The van der Waals surface area contributed by atoms with Crippen LogP contribution in [-0.2, 0) is 4.74 Å². The number of aryl methyl sites for hydroxylation is 1. The molecule has 19 heavy (non-hydrogen) atoms. The summed E-state index contributed by atoms with van der Waals surface area (Å²) in [6.07, 6.45) is 1.50. The molecule has 0 aliphatic rings. The Morgan fingerprint density at radius 1 is 1.42 bits per heavy atom. The summed E-state index contributed by atoms with van der Waals surface area (Å²) in [4.78, 5) is 15.8. The maximum absolute atomic E-state index is 11.5. The lowest BCUT2D eigenvalue weighted by Crippen LogP contribution is -2.07. The van der Waals surface area contributed by atoms with Gasteiger partial charge in [0.1, 0.15) is 0 Å². The van der Waals surface area contributed by atoms with Crippen LogP contribution in [0.15, 0.2) is 22.8 Å². The third-order valence-electron chi connectivity index (χ3n) is 2.68. The molecule has 0 N–H and O–H groups in total. The van der Waals surface area contributed by atoms with Crippen LogP contribution in [0.4, 0.5) is 0 Å². The minimum atomic E-state index is -0.365. The molecular weight excluding hydrogens is 310 g/mol. The highest BCUT2D eigenvalue weighted by Crippen LogP contribution is 2.22. The number of hydrogen-bond donors (Lipinski definition) is 0. The molecule has 2 aromatic rings. The molecule has 2 aromatic heterocycles. The number of esters is 1. The molecule has 0 radical (unpaired) electrons. The number of aromatic nitrogens is 3. The largest absolute Gasteiger partial charge is 0.462 e. The van der Waals surface area contributed by atoms with Crippen molar-refractivity contribution in [3.63, 3.8) is 0 Å². The van der Waals surface area contributed by atoms with Gasteiger partial charge in [-0.05, 0) is 48.8 Å². The summed E-state index contributed by atoms with van der Waals surface area (Å²) in [5.74, 6) is 0.301. The molecule has 6 heteroatoms. The molecule has 0 unspecified atom stereocenters. The predicted molar refractivity (Wildman–Crippen MR) is 74.5 cm³/mol. The quantitative estimate of drug-likeness (QED) is 0.815. The Labute approximate surface area is 119 Å². The van der Waals surface area contributed by atoms with Gasteiger partial charge < -0.3 is 4.74 Å². The van der Waals surface area contributed by atoms with E-state index in [-0.39, 0.29) is 5.97 Å². The molecule has 0 spiro atoms. The maximum Gasteiger partial charge on any atom is 0.339 e. The number of rotatable bonds is 3. The minimum Gasteiger partial charge on any atom is -0.462 e. The van der Waals surface area contributed by atoms with Crippen molar-refractivity contribution in [2.24, 2.45) is 0 Å². The van der Waals surface area contributed by atoms with Gasteiger partial charge in [0.2, 0.25) is 0 Å². The van der Waals surface area contributed by atoms with Crippen molar-refractivity contribution in [1.29, 1.82) is 0 Å². The van der Waals surface area contributed by atoms with Crippen molar-refractivity contribution in [3.05, 3.63) is 39.8 Å². The summed E-state index contributed by atoms with van der Waals surface area (Å²) in [5.41, 5.74) is 2.30. The maximum atomic E-state index is 11.5.